The van der Waals surface area contributed by atoms with E-state index >= 15 is 0 Å². The van der Waals surface area contributed by atoms with Crippen molar-refractivity contribution in [2.75, 3.05) is 0 Å². The maximum Gasteiger partial charge on any atom is 0.123 e. The molecule has 2 rings (SSSR count). The van der Waals surface area contributed by atoms with E-state index in [1.807, 2.05) is 11.4 Å². The average molecular weight is 195 g/mol. The summed E-state index contributed by atoms with van der Waals surface area (Å²) in [5, 5.41) is 9.16. The van der Waals surface area contributed by atoms with Crippen molar-refractivity contribution >= 4 is 17.2 Å². The lowest BCUT2D eigenvalue weighted by atomic mass is 10.1. The van der Waals surface area contributed by atoms with Crippen LogP contribution >= 0.6 is 11.3 Å². The van der Waals surface area contributed by atoms with Crippen molar-refractivity contribution in [3.05, 3.63) is 21.9 Å². The zero-order chi connectivity index (χ0) is 9.42. The average Bonchev–Trinajstić information content (AvgIpc) is 2.81. The summed E-state index contributed by atoms with van der Waals surface area (Å²) in [7, 11) is 0. The van der Waals surface area contributed by atoms with Crippen LogP contribution in [0.25, 0.3) is 0 Å². The van der Waals surface area contributed by atoms with Crippen molar-refractivity contribution in [3.63, 3.8) is 0 Å². The van der Waals surface area contributed by atoms with E-state index in [0.29, 0.717) is 5.92 Å². The third-order valence-electron chi connectivity index (χ3n) is 2.39. The highest BCUT2D eigenvalue weighted by molar-refractivity contribution is 7.10. The van der Waals surface area contributed by atoms with Crippen LogP contribution in [0.1, 0.15) is 29.3 Å². The van der Waals surface area contributed by atoms with Crippen LogP contribution in [0, 0.1) is 11.3 Å². The van der Waals surface area contributed by atoms with Crippen molar-refractivity contribution in [1.82, 2.24) is 0 Å². The van der Waals surface area contributed by atoms with Crippen molar-refractivity contribution in [2.24, 2.45) is 17.4 Å². The largest absolute Gasteiger partial charge is 0.384 e. The molecule has 0 bridgehead atoms. The highest BCUT2D eigenvalue weighted by atomic mass is 32.1. The minimum atomic E-state index is 0.130. The smallest absolute Gasteiger partial charge is 0.123 e. The molecule has 1 atom stereocenters. The van der Waals surface area contributed by atoms with Gasteiger partial charge in [-0.1, -0.05) is 0 Å². The molecule has 0 spiro atoms. The van der Waals surface area contributed by atoms with Gasteiger partial charge in [-0.2, -0.15) is 0 Å². The molecule has 1 fully saturated rings. The van der Waals surface area contributed by atoms with Gasteiger partial charge < -0.3 is 11.5 Å². The molecule has 0 aliphatic heterocycles. The summed E-state index contributed by atoms with van der Waals surface area (Å²) in [5.41, 5.74) is 12.2. The number of amidine groups is 1. The summed E-state index contributed by atoms with van der Waals surface area (Å²) in [4.78, 5) is 1.16. The zero-order valence-electron chi connectivity index (χ0n) is 7.29. The number of thiophene rings is 1. The van der Waals surface area contributed by atoms with E-state index in [9.17, 15) is 0 Å². The van der Waals surface area contributed by atoms with Gasteiger partial charge in [0.25, 0.3) is 0 Å². The second-order valence-electron chi connectivity index (χ2n) is 3.51. The molecule has 0 unspecified atom stereocenters. The summed E-state index contributed by atoms with van der Waals surface area (Å²) in [5.74, 6) is 0.795. The van der Waals surface area contributed by atoms with Crippen molar-refractivity contribution < 1.29 is 0 Å². The number of hydrogen-bond donors (Lipinski definition) is 3. The van der Waals surface area contributed by atoms with Gasteiger partial charge in [-0.3, -0.25) is 5.41 Å². The molecule has 3 nitrogen and oxygen atoms in total. The van der Waals surface area contributed by atoms with E-state index in [0.717, 1.165) is 10.4 Å². The van der Waals surface area contributed by atoms with Crippen LogP contribution < -0.4 is 11.5 Å². The molecule has 4 heteroatoms. The molecule has 1 aliphatic carbocycles. The van der Waals surface area contributed by atoms with E-state index in [2.05, 4.69) is 0 Å². The van der Waals surface area contributed by atoms with E-state index in [-0.39, 0.29) is 11.9 Å². The van der Waals surface area contributed by atoms with Crippen molar-refractivity contribution in [3.8, 4) is 0 Å². The standard InChI is InChI=1S/C9H13N3S/c10-8(5-1-2-5)7-3-6(4-13-7)9(11)12/h3-5,8H,1-2,10H2,(H3,11,12)/t8-/m0/s1. The van der Waals surface area contributed by atoms with Gasteiger partial charge in [-0.25, -0.2) is 0 Å². The third kappa shape index (κ3) is 1.73. The lowest BCUT2D eigenvalue weighted by Crippen LogP contribution is -2.12. The first-order valence-corrected chi connectivity index (χ1v) is 5.25. The first kappa shape index (κ1) is 8.72. The van der Waals surface area contributed by atoms with Crippen LogP contribution in [0.5, 0.6) is 0 Å². The summed E-state index contributed by atoms with van der Waals surface area (Å²) in [6, 6.07) is 2.11. The minimum Gasteiger partial charge on any atom is -0.384 e. The summed E-state index contributed by atoms with van der Waals surface area (Å²) in [6.07, 6.45) is 2.49. The first-order valence-electron chi connectivity index (χ1n) is 4.37. The van der Waals surface area contributed by atoms with Crippen molar-refractivity contribution in [2.45, 2.75) is 18.9 Å². The van der Waals surface area contributed by atoms with Crippen LogP contribution in [0.4, 0.5) is 0 Å². The fourth-order valence-corrected chi connectivity index (χ4v) is 2.36. The summed E-state index contributed by atoms with van der Waals surface area (Å²) in [6.45, 7) is 0. The lowest BCUT2D eigenvalue weighted by molar-refractivity contribution is 0.645. The zero-order valence-corrected chi connectivity index (χ0v) is 8.10. The minimum absolute atomic E-state index is 0.130. The Labute approximate surface area is 81.3 Å². The van der Waals surface area contributed by atoms with Crippen LogP contribution in [-0.4, -0.2) is 5.84 Å². The Kier molecular flexibility index (Phi) is 2.09. The van der Waals surface area contributed by atoms with Crippen molar-refractivity contribution in [1.29, 1.82) is 5.41 Å². The van der Waals surface area contributed by atoms with Crippen LogP contribution in [0.3, 0.4) is 0 Å². The first-order chi connectivity index (χ1) is 6.18. The second-order valence-corrected chi connectivity index (χ2v) is 4.46. The second kappa shape index (κ2) is 3.12. The molecule has 70 valence electrons. The number of rotatable bonds is 3. The molecule has 1 heterocycles. The molecule has 0 amide bonds. The number of nitrogen functional groups attached to an aromatic ring is 1. The SMILES string of the molecule is N=C(N)c1csc([C@@H](N)C2CC2)c1. The van der Waals surface area contributed by atoms with E-state index in [1.54, 1.807) is 11.3 Å². The van der Waals surface area contributed by atoms with Crippen LogP contribution in [-0.2, 0) is 0 Å². The fraction of sp³-hybridized carbons (Fsp3) is 0.444. The Bertz CT molecular complexity index is 327. The molecule has 0 aromatic carbocycles. The normalized spacial score (nSPS) is 18.5. The van der Waals surface area contributed by atoms with E-state index in [4.69, 9.17) is 16.9 Å². The topological polar surface area (TPSA) is 75.9 Å². The molecular formula is C9H13N3S. The van der Waals surface area contributed by atoms with Gasteiger partial charge in [0, 0.05) is 21.9 Å². The van der Waals surface area contributed by atoms with Gasteiger partial charge in [0.1, 0.15) is 5.84 Å². The highest BCUT2D eigenvalue weighted by Gasteiger charge is 2.30. The van der Waals surface area contributed by atoms with Gasteiger partial charge in [-0.05, 0) is 24.8 Å². The predicted molar refractivity (Wildman–Crippen MR) is 55.0 cm³/mol. The Morgan fingerprint density at radius 3 is 2.77 bits per heavy atom. The monoisotopic (exact) mass is 195 g/mol. The fourth-order valence-electron chi connectivity index (χ4n) is 1.36. The third-order valence-corrected chi connectivity index (χ3v) is 3.42. The molecule has 1 aromatic rings. The highest BCUT2D eigenvalue weighted by Crippen LogP contribution is 2.41. The van der Waals surface area contributed by atoms with Gasteiger partial charge in [0.05, 0.1) is 0 Å². The summed E-state index contributed by atoms with van der Waals surface area (Å²) >= 11 is 1.61. The molecule has 1 aliphatic rings. The molecule has 13 heavy (non-hydrogen) atoms. The summed E-state index contributed by atoms with van der Waals surface area (Å²) < 4.78 is 0. The Morgan fingerprint density at radius 2 is 2.31 bits per heavy atom. The Morgan fingerprint density at radius 1 is 1.62 bits per heavy atom. The maximum atomic E-state index is 7.26. The lowest BCUT2D eigenvalue weighted by Gasteiger charge is -2.05. The van der Waals surface area contributed by atoms with Gasteiger partial charge in [0.15, 0.2) is 0 Å². The predicted octanol–water partition coefficient (Wildman–Crippen LogP) is 1.44. The van der Waals surface area contributed by atoms with Gasteiger partial charge in [0.2, 0.25) is 0 Å². The van der Waals surface area contributed by atoms with E-state index < -0.39 is 0 Å². The van der Waals surface area contributed by atoms with E-state index in [1.165, 1.54) is 12.8 Å². The molecular weight excluding hydrogens is 182 g/mol. The van der Waals surface area contributed by atoms with Crippen LogP contribution in [0.2, 0.25) is 0 Å². The Hall–Kier alpha value is -0.870. The van der Waals surface area contributed by atoms with Gasteiger partial charge in [-0.15, -0.1) is 11.3 Å². The molecule has 5 N–H and O–H groups in total. The quantitative estimate of drug-likeness (QED) is 0.504. The maximum absolute atomic E-state index is 7.26. The molecule has 0 saturated heterocycles. The number of nitrogens with two attached hydrogens (primary N) is 2. The van der Waals surface area contributed by atoms with Crippen LogP contribution in [0.15, 0.2) is 11.4 Å². The molecule has 1 aromatic heterocycles. The molecule has 1 saturated carbocycles. The number of nitrogens with one attached hydrogen (secondary N) is 1. The molecule has 0 radical (unpaired) electrons. The Balaban J connectivity index is 2.16. The number of hydrogen-bond acceptors (Lipinski definition) is 3. The van der Waals surface area contributed by atoms with Gasteiger partial charge >= 0.3 is 0 Å².